The van der Waals surface area contributed by atoms with E-state index in [4.69, 9.17) is 0 Å². The third-order valence-corrected chi connectivity index (χ3v) is 4.88. The number of nitrogens with zero attached hydrogens (tertiary/aromatic N) is 3. The quantitative estimate of drug-likeness (QED) is 0.607. The minimum Gasteiger partial charge on any atom is -0.355 e. The summed E-state index contributed by atoms with van der Waals surface area (Å²) in [6.07, 6.45) is 0. The van der Waals surface area contributed by atoms with Gasteiger partial charge in [-0.1, -0.05) is 32.0 Å². The van der Waals surface area contributed by atoms with Gasteiger partial charge in [0.05, 0.1) is 0 Å². The van der Waals surface area contributed by atoms with Crippen LogP contribution in [0.2, 0.25) is 0 Å². The molecule has 2 N–H and O–H groups in total. The Labute approximate surface area is 151 Å². The first-order chi connectivity index (χ1) is 12.0. The Hall–Kier alpha value is -1.66. The molecule has 1 saturated heterocycles. The molecule has 1 aliphatic heterocycles. The van der Waals surface area contributed by atoms with E-state index in [-0.39, 0.29) is 5.82 Å². The first-order valence-corrected chi connectivity index (χ1v) is 9.11. The van der Waals surface area contributed by atoms with E-state index < -0.39 is 0 Å². The van der Waals surface area contributed by atoms with Gasteiger partial charge >= 0.3 is 0 Å². The fourth-order valence-electron chi connectivity index (χ4n) is 3.18. The van der Waals surface area contributed by atoms with Crippen molar-refractivity contribution in [2.24, 2.45) is 10.9 Å². The number of piperazine rings is 1. The van der Waals surface area contributed by atoms with Crippen LogP contribution < -0.4 is 10.6 Å². The Bertz CT molecular complexity index is 553. The molecule has 6 heteroatoms. The number of aliphatic imine (C=N–C) groups is 1. The van der Waals surface area contributed by atoms with E-state index >= 15 is 0 Å². The average molecular weight is 349 g/mol. The molecular formula is C19H32FN5. The van der Waals surface area contributed by atoms with Crippen LogP contribution in [-0.2, 0) is 6.54 Å². The highest BCUT2D eigenvalue weighted by Crippen LogP contribution is 2.13. The predicted octanol–water partition coefficient (Wildman–Crippen LogP) is 1.76. The normalized spacial score (nSPS) is 18.4. The Morgan fingerprint density at radius 3 is 2.44 bits per heavy atom. The SMILES string of the molecule is CN=C(NCc1ccccc1F)NCC(C(C)C)N1CCN(C)CC1. The fraction of sp³-hybridized carbons (Fsp3) is 0.632. The highest BCUT2D eigenvalue weighted by Gasteiger charge is 2.25. The van der Waals surface area contributed by atoms with Gasteiger partial charge in [-0.15, -0.1) is 0 Å². The number of halogens is 1. The van der Waals surface area contributed by atoms with Gasteiger partial charge < -0.3 is 15.5 Å². The van der Waals surface area contributed by atoms with Crippen LogP contribution in [0.1, 0.15) is 19.4 Å². The van der Waals surface area contributed by atoms with Crippen molar-refractivity contribution in [2.75, 3.05) is 46.8 Å². The van der Waals surface area contributed by atoms with Gasteiger partial charge in [-0.3, -0.25) is 9.89 Å². The van der Waals surface area contributed by atoms with E-state index in [1.807, 2.05) is 6.07 Å². The van der Waals surface area contributed by atoms with Gasteiger partial charge in [0.2, 0.25) is 0 Å². The van der Waals surface area contributed by atoms with Gasteiger partial charge in [0.1, 0.15) is 5.82 Å². The molecular weight excluding hydrogens is 317 g/mol. The molecule has 0 aromatic heterocycles. The largest absolute Gasteiger partial charge is 0.355 e. The number of rotatable bonds is 6. The van der Waals surface area contributed by atoms with E-state index in [1.165, 1.54) is 6.07 Å². The summed E-state index contributed by atoms with van der Waals surface area (Å²) >= 11 is 0. The Kier molecular flexibility index (Phi) is 7.65. The molecule has 1 aromatic rings. The predicted molar refractivity (Wildman–Crippen MR) is 102 cm³/mol. The summed E-state index contributed by atoms with van der Waals surface area (Å²) < 4.78 is 13.7. The molecule has 0 bridgehead atoms. The summed E-state index contributed by atoms with van der Waals surface area (Å²) in [7, 11) is 3.92. The molecule has 0 radical (unpaired) electrons. The van der Waals surface area contributed by atoms with Crippen molar-refractivity contribution >= 4 is 5.96 Å². The number of guanidine groups is 1. The molecule has 1 atom stereocenters. The molecule has 0 spiro atoms. The second kappa shape index (κ2) is 9.73. The summed E-state index contributed by atoms with van der Waals surface area (Å²) in [4.78, 5) is 9.20. The standard InChI is InChI=1S/C19H32FN5/c1-15(2)18(25-11-9-24(4)10-12-25)14-23-19(21-3)22-13-16-7-5-6-8-17(16)20/h5-8,15,18H,9-14H2,1-4H3,(H2,21,22,23). The summed E-state index contributed by atoms with van der Waals surface area (Å²) in [6.45, 7) is 10.2. The van der Waals surface area contributed by atoms with E-state index in [2.05, 4.69) is 46.3 Å². The van der Waals surface area contributed by atoms with Crippen molar-refractivity contribution < 1.29 is 4.39 Å². The van der Waals surface area contributed by atoms with E-state index in [1.54, 1.807) is 19.2 Å². The Morgan fingerprint density at radius 1 is 1.16 bits per heavy atom. The Morgan fingerprint density at radius 2 is 1.84 bits per heavy atom. The smallest absolute Gasteiger partial charge is 0.191 e. The lowest BCUT2D eigenvalue weighted by atomic mass is 10.0. The van der Waals surface area contributed by atoms with Gasteiger partial charge in [-0.2, -0.15) is 0 Å². The minimum absolute atomic E-state index is 0.192. The molecule has 1 heterocycles. The summed E-state index contributed by atoms with van der Waals surface area (Å²) in [5, 5.41) is 6.61. The van der Waals surface area contributed by atoms with Crippen LogP contribution in [0.3, 0.4) is 0 Å². The monoisotopic (exact) mass is 349 g/mol. The number of benzene rings is 1. The molecule has 5 nitrogen and oxygen atoms in total. The molecule has 1 aliphatic rings. The lowest BCUT2D eigenvalue weighted by Crippen LogP contribution is -2.55. The third kappa shape index (κ3) is 5.97. The van der Waals surface area contributed by atoms with Gasteiger partial charge in [0.15, 0.2) is 5.96 Å². The zero-order valence-corrected chi connectivity index (χ0v) is 15.9. The molecule has 0 amide bonds. The van der Waals surface area contributed by atoms with Gasteiger partial charge in [-0.25, -0.2) is 4.39 Å². The van der Waals surface area contributed by atoms with Crippen molar-refractivity contribution in [3.8, 4) is 0 Å². The average Bonchev–Trinajstić information content (AvgIpc) is 2.60. The molecule has 1 fully saturated rings. The number of hydrogen-bond donors (Lipinski definition) is 2. The van der Waals surface area contributed by atoms with Crippen LogP contribution >= 0.6 is 0 Å². The van der Waals surface area contributed by atoms with Crippen LogP contribution in [-0.4, -0.2) is 68.6 Å². The molecule has 2 rings (SSSR count). The minimum atomic E-state index is -0.192. The fourth-order valence-corrected chi connectivity index (χ4v) is 3.18. The van der Waals surface area contributed by atoms with Crippen LogP contribution in [0, 0.1) is 11.7 Å². The van der Waals surface area contributed by atoms with Gasteiger partial charge in [-0.05, 0) is 19.0 Å². The van der Waals surface area contributed by atoms with Crippen molar-refractivity contribution in [2.45, 2.75) is 26.4 Å². The second-order valence-corrected chi connectivity index (χ2v) is 7.05. The van der Waals surface area contributed by atoms with Crippen molar-refractivity contribution in [1.29, 1.82) is 0 Å². The molecule has 1 unspecified atom stereocenters. The highest BCUT2D eigenvalue weighted by molar-refractivity contribution is 5.79. The number of hydrogen-bond acceptors (Lipinski definition) is 3. The van der Waals surface area contributed by atoms with Crippen molar-refractivity contribution in [3.63, 3.8) is 0 Å². The lowest BCUT2D eigenvalue weighted by Gasteiger charge is -2.40. The molecule has 25 heavy (non-hydrogen) atoms. The number of nitrogens with one attached hydrogen (secondary N) is 2. The summed E-state index contributed by atoms with van der Waals surface area (Å²) in [5.74, 6) is 1.08. The van der Waals surface area contributed by atoms with Crippen LogP contribution in [0.5, 0.6) is 0 Å². The van der Waals surface area contributed by atoms with Gasteiger partial charge in [0.25, 0.3) is 0 Å². The summed E-state index contributed by atoms with van der Waals surface area (Å²) in [5.41, 5.74) is 0.643. The van der Waals surface area contributed by atoms with Crippen LogP contribution in [0.15, 0.2) is 29.3 Å². The molecule has 0 saturated carbocycles. The topological polar surface area (TPSA) is 42.9 Å². The van der Waals surface area contributed by atoms with Crippen LogP contribution in [0.25, 0.3) is 0 Å². The Balaban J connectivity index is 1.86. The number of likely N-dealkylation sites (N-methyl/N-ethyl adjacent to an activating group) is 1. The maximum Gasteiger partial charge on any atom is 0.191 e. The molecule has 0 aliphatic carbocycles. The zero-order valence-electron chi connectivity index (χ0n) is 15.9. The summed E-state index contributed by atoms with van der Waals surface area (Å²) in [6, 6.07) is 7.28. The zero-order chi connectivity index (χ0) is 18.2. The lowest BCUT2D eigenvalue weighted by molar-refractivity contribution is 0.0900. The van der Waals surface area contributed by atoms with Crippen molar-refractivity contribution in [1.82, 2.24) is 20.4 Å². The molecule has 140 valence electrons. The highest BCUT2D eigenvalue weighted by atomic mass is 19.1. The third-order valence-electron chi connectivity index (χ3n) is 4.88. The van der Waals surface area contributed by atoms with E-state index in [0.29, 0.717) is 30.0 Å². The maximum absolute atomic E-state index is 13.7. The molecule has 1 aromatic carbocycles. The second-order valence-electron chi connectivity index (χ2n) is 7.05. The van der Waals surface area contributed by atoms with E-state index in [0.717, 1.165) is 32.7 Å². The first-order valence-electron chi connectivity index (χ1n) is 9.11. The van der Waals surface area contributed by atoms with E-state index in [9.17, 15) is 4.39 Å². The van der Waals surface area contributed by atoms with Gasteiger partial charge in [0, 0.05) is 57.9 Å². The first kappa shape index (κ1) is 19.7. The van der Waals surface area contributed by atoms with Crippen molar-refractivity contribution in [3.05, 3.63) is 35.6 Å². The van der Waals surface area contributed by atoms with Crippen LogP contribution in [0.4, 0.5) is 4.39 Å². The maximum atomic E-state index is 13.7.